The summed E-state index contributed by atoms with van der Waals surface area (Å²) in [6.45, 7) is 5.43. The average Bonchev–Trinajstić information content (AvgIpc) is 3.81. The van der Waals surface area contributed by atoms with Gasteiger partial charge in [0.1, 0.15) is 17.1 Å². The number of hydrogen-bond donors (Lipinski definition) is 2. The van der Waals surface area contributed by atoms with Gasteiger partial charge in [0.15, 0.2) is 5.69 Å². The van der Waals surface area contributed by atoms with Crippen molar-refractivity contribution in [2.75, 3.05) is 0 Å². The van der Waals surface area contributed by atoms with Gasteiger partial charge in [0.25, 0.3) is 0 Å². The monoisotopic (exact) mass is 696 g/mol. The fraction of sp³-hybridized carbons (Fsp3) is 0.209. The normalized spacial score (nSPS) is 13.5. The summed E-state index contributed by atoms with van der Waals surface area (Å²) in [4.78, 5) is 17.1. The quantitative estimate of drug-likeness (QED) is 0.0980. The van der Waals surface area contributed by atoms with E-state index < -0.39 is 22.6 Å². The van der Waals surface area contributed by atoms with Crippen molar-refractivity contribution in [1.82, 2.24) is 9.55 Å². The van der Waals surface area contributed by atoms with Crippen molar-refractivity contribution >= 4 is 24.8 Å². The number of carbonyl (C=O) groups is 1. The topological polar surface area (TPSA) is 125 Å². The number of benzene rings is 5. The summed E-state index contributed by atoms with van der Waals surface area (Å²) in [5.74, 6) is -0.495. The molecule has 262 valence electrons. The first-order valence-corrected chi connectivity index (χ1v) is 17.5. The fourth-order valence-corrected chi connectivity index (χ4v) is 7.56. The van der Waals surface area contributed by atoms with Crippen LogP contribution in [-0.2, 0) is 29.6 Å². The Hall–Kier alpha value is -5.46. The van der Waals surface area contributed by atoms with E-state index in [1.165, 1.54) is 0 Å². The van der Waals surface area contributed by atoms with Gasteiger partial charge in [-0.25, -0.2) is 9.78 Å². The summed E-state index contributed by atoms with van der Waals surface area (Å²) in [7, 11) is 0. The second kappa shape index (κ2) is 15.3. The SMILES string of the molecule is CCCc1nc(C(C)(C)O)c(C(=O)O)n1Cc1ccc(-c2ccccc2C2(C(c3ccccc3)(c3ccccc3)c3ccccc3)N=NN=N2)cc1.[LiH]. The van der Waals surface area contributed by atoms with Crippen LogP contribution in [0.25, 0.3) is 11.1 Å². The molecule has 1 aliphatic heterocycles. The van der Waals surface area contributed by atoms with Gasteiger partial charge in [-0.1, -0.05) is 146 Å². The predicted octanol–water partition coefficient (Wildman–Crippen LogP) is 8.85. The molecule has 0 bridgehead atoms. The van der Waals surface area contributed by atoms with E-state index in [-0.39, 0.29) is 36.8 Å². The van der Waals surface area contributed by atoms with Crippen molar-refractivity contribution in [2.24, 2.45) is 20.7 Å². The van der Waals surface area contributed by atoms with Crippen LogP contribution in [0, 0.1) is 0 Å². The van der Waals surface area contributed by atoms with E-state index in [1.807, 2.05) is 97.9 Å². The van der Waals surface area contributed by atoms with E-state index in [2.05, 4.69) is 64.0 Å². The number of imidazole rings is 1. The minimum atomic E-state index is -1.41. The Morgan fingerprint density at radius 2 is 1.21 bits per heavy atom. The van der Waals surface area contributed by atoms with Gasteiger partial charge in [-0.15, -0.1) is 10.2 Å². The third-order valence-electron chi connectivity index (χ3n) is 9.77. The van der Waals surface area contributed by atoms with E-state index in [4.69, 9.17) is 10.2 Å². The zero-order valence-electron chi connectivity index (χ0n) is 29.4. The van der Waals surface area contributed by atoms with E-state index in [9.17, 15) is 15.0 Å². The maximum absolute atomic E-state index is 12.5. The number of hydrogen-bond acceptors (Lipinski definition) is 7. The molecule has 0 fully saturated rings. The Kier molecular flexibility index (Phi) is 10.7. The summed E-state index contributed by atoms with van der Waals surface area (Å²) in [6, 6.07) is 47.0. The van der Waals surface area contributed by atoms with Gasteiger partial charge >= 0.3 is 24.8 Å². The summed E-state index contributed by atoms with van der Waals surface area (Å²) in [6.07, 6.45) is 1.36. The molecule has 0 aliphatic carbocycles. The molecule has 6 aromatic rings. The van der Waals surface area contributed by atoms with Crippen LogP contribution in [0.1, 0.15) is 77.0 Å². The Balaban J connectivity index is 0.00000481. The van der Waals surface area contributed by atoms with Crippen LogP contribution in [-0.4, -0.2) is 44.6 Å². The molecule has 0 spiro atoms. The van der Waals surface area contributed by atoms with Gasteiger partial charge in [0.05, 0.1) is 5.41 Å². The van der Waals surface area contributed by atoms with Crippen molar-refractivity contribution in [3.63, 3.8) is 0 Å². The predicted molar refractivity (Wildman–Crippen MR) is 207 cm³/mol. The van der Waals surface area contributed by atoms with Gasteiger partial charge in [0.2, 0.25) is 5.66 Å². The standard InChI is InChI=1S/C43H40N6O3.Li.H/c1-4-16-37-44-39(41(2,3)52)38(40(50)51)49(37)29-30-25-27-31(28-26-30)35-23-14-15-24-36(35)43(45-47-48-46-43)42(32-17-8-5-9-18-32,33-19-10-6-11-20-33)34-21-12-7-13-22-34;;/h5-15,17-28,52H,4,16,29H2,1-3H3,(H,50,51);;. The average molecular weight is 697 g/mol. The number of rotatable bonds is 12. The molecule has 2 N–H and O–H groups in total. The van der Waals surface area contributed by atoms with Gasteiger partial charge in [-0.2, -0.15) is 0 Å². The Morgan fingerprint density at radius 1 is 0.717 bits per heavy atom. The molecule has 0 saturated heterocycles. The van der Waals surface area contributed by atoms with E-state index in [1.54, 1.807) is 18.4 Å². The molecular formula is C43H41LiN6O3. The van der Waals surface area contributed by atoms with Gasteiger partial charge in [-0.3, -0.25) is 0 Å². The van der Waals surface area contributed by atoms with Crippen LogP contribution in [0.15, 0.2) is 160 Å². The van der Waals surface area contributed by atoms with Crippen molar-refractivity contribution in [3.05, 3.63) is 185 Å². The second-order valence-corrected chi connectivity index (χ2v) is 13.6. The summed E-state index contributed by atoms with van der Waals surface area (Å²) < 4.78 is 1.71. The first-order valence-electron chi connectivity index (χ1n) is 17.5. The van der Waals surface area contributed by atoms with E-state index in [0.717, 1.165) is 45.4 Å². The molecule has 0 amide bonds. The first kappa shape index (κ1) is 37.3. The third-order valence-corrected chi connectivity index (χ3v) is 9.77. The molecular weight excluding hydrogens is 655 g/mol. The molecule has 10 heteroatoms. The molecule has 2 heterocycles. The van der Waals surface area contributed by atoms with Crippen LogP contribution in [0.4, 0.5) is 0 Å². The molecule has 9 nitrogen and oxygen atoms in total. The van der Waals surface area contributed by atoms with E-state index >= 15 is 0 Å². The molecule has 0 radical (unpaired) electrons. The zero-order chi connectivity index (χ0) is 36.3. The van der Waals surface area contributed by atoms with Gasteiger partial charge in [-0.05, 0) is 64.1 Å². The Morgan fingerprint density at radius 3 is 1.68 bits per heavy atom. The Labute approximate surface area is 321 Å². The minimum absolute atomic E-state index is 0. The summed E-state index contributed by atoms with van der Waals surface area (Å²) in [5, 5.41) is 39.4. The number of aliphatic hydroxyl groups is 1. The number of carboxylic acids is 1. The number of nitrogens with zero attached hydrogens (tertiary/aromatic N) is 6. The molecule has 53 heavy (non-hydrogen) atoms. The summed E-state index contributed by atoms with van der Waals surface area (Å²) >= 11 is 0. The van der Waals surface area contributed by atoms with Crippen LogP contribution in [0.2, 0.25) is 0 Å². The van der Waals surface area contributed by atoms with Crippen LogP contribution in [0.3, 0.4) is 0 Å². The van der Waals surface area contributed by atoms with Gasteiger partial charge < -0.3 is 14.8 Å². The molecule has 1 aromatic heterocycles. The Bertz CT molecular complexity index is 2140. The van der Waals surface area contributed by atoms with Crippen molar-refractivity contribution in [3.8, 4) is 11.1 Å². The number of aryl methyl sites for hydroxylation is 1. The zero-order valence-corrected chi connectivity index (χ0v) is 29.4. The number of aromatic nitrogens is 2. The van der Waals surface area contributed by atoms with Gasteiger partial charge in [0, 0.05) is 18.5 Å². The van der Waals surface area contributed by atoms with Crippen LogP contribution < -0.4 is 0 Å². The first-order chi connectivity index (χ1) is 25.2. The molecule has 1 aliphatic rings. The number of aromatic carboxylic acids is 1. The van der Waals surface area contributed by atoms with Crippen molar-refractivity contribution < 1.29 is 15.0 Å². The third kappa shape index (κ3) is 6.57. The van der Waals surface area contributed by atoms with Crippen molar-refractivity contribution in [1.29, 1.82) is 0 Å². The van der Waals surface area contributed by atoms with Crippen molar-refractivity contribution in [2.45, 2.75) is 56.8 Å². The molecule has 0 saturated carbocycles. The maximum atomic E-state index is 12.5. The molecule has 5 aromatic carbocycles. The molecule has 7 rings (SSSR count). The molecule has 0 atom stereocenters. The molecule has 0 unspecified atom stereocenters. The van der Waals surface area contributed by atoms with E-state index in [0.29, 0.717) is 12.2 Å². The number of carboxylic acid groups (broad SMARTS) is 1. The summed E-state index contributed by atoms with van der Waals surface area (Å²) in [5.41, 5.74) is 2.96. The van der Waals surface area contributed by atoms with Crippen LogP contribution in [0.5, 0.6) is 0 Å². The fourth-order valence-electron chi connectivity index (χ4n) is 7.56. The second-order valence-electron chi connectivity index (χ2n) is 13.6. The van der Waals surface area contributed by atoms with Crippen LogP contribution >= 0.6 is 0 Å².